The zero-order chi connectivity index (χ0) is 10.8. The summed E-state index contributed by atoms with van der Waals surface area (Å²) in [5.41, 5.74) is 3.34. The number of aryl methyl sites for hydroxylation is 1. The molecule has 0 bridgehead atoms. The highest BCUT2D eigenvalue weighted by Gasteiger charge is 2.02. The quantitative estimate of drug-likeness (QED) is 0.708. The molecule has 0 nitrogen and oxygen atoms in total. The fraction of sp³-hybridized carbons (Fsp3) is 0.0769. The first-order chi connectivity index (χ1) is 7.16. The van der Waals surface area contributed by atoms with Crippen LogP contribution < -0.4 is 0 Å². The lowest BCUT2D eigenvalue weighted by atomic mass is 10.0. The summed E-state index contributed by atoms with van der Waals surface area (Å²) < 4.78 is 13.5. The van der Waals surface area contributed by atoms with Crippen LogP contribution in [0.2, 0.25) is 0 Å². The molecule has 2 rings (SSSR count). The Hall–Kier alpha value is -1.15. The monoisotopic (exact) mass is 264 g/mol. The second-order valence-corrected chi connectivity index (χ2v) is 4.35. The van der Waals surface area contributed by atoms with Gasteiger partial charge in [-0.05, 0) is 46.1 Å². The van der Waals surface area contributed by atoms with Crippen LogP contribution in [0.25, 0.3) is 11.1 Å². The molecule has 0 saturated heterocycles. The molecule has 0 spiro atoms. The van der Waals surface area contributed by atoms with E-state index in [0.29, 0.717) is 4.47 Å². The van der Waals surface area contributed by atoms with Gasteiger partial charge in [-0.25, -0.2) is 4.39 Å². The largest absolute Gasteiger partial charge is 0.206 e. The number of halogens is 2. The molecule has 15 heavy (non-hydrogen) atoms. The standard InChI is InChI=1S/C13H10BrF/c1-9-2-4-10(5-3-9)11-6-7-13(15)12(14)8-11/h2-8H,1H3. The van der Waals surface area contributed by atoms with Crippen LogP contribution in [0.5, 0.6) is 0 Å². The normalized spacial score (nSPS) is 10.3. The van der Waals surface area contributed by atoms with Crippen molar-refractivity contribution in [2.75, 3.05) is 0 Å². The van der Waals surface area contributed by atoms with Crippen molar-refractivity contribution in [1.29, 1.82) is 0 Å². The Bertz CT molecular complexity index is 474. The van der Waals surface area contributed by atoms with Crippen molar-refractivity contribution in [3.8, 4) is 11.1 Å². The summed E-state index contributed by atoms with van der Waals surface area (Å²) in [6.07, 6.45) is 0. The van der Waals surface area contributed by atoms with E-state index in [0.717, 1.165) is 11.1 Å². The Morgan fingerprint density at radius 2 is 1.53 bits per heavy atom. The van der Waals surface area contributed by atoms with Gasteiger partial charge < -0.3 is 0 Å². The SMILES string of the molecule is Cc1ccc(-c2ccc(F)c(Br)c2)cc1. The van der Waals surface area contributed by atoms with E-state index in [9.17, 15) is 4.39 Å². The lowest BCUT2D eigenvalue weighted by molar-refractivity contribution is 0.621. The molecule has 0 radical (unpaired) electrons. The summed E-state index contributed by atoms with van der Waals surface area (Å²) in [6, 6.07) is 13.2. The van der Waals surface area contributed by atoms with Crippen LogP contribution >= 0.6 is 15.9 Å². The minimum absolute atomic E-state index is 0.231. The van der Waals surface area contributed by atoms with E-state index < -0.39 is 0 Å². The average Bonchev–Trinajstić information content (AvgIpc) is 2.23. The van der Waals surface area contributed by atoms with Crippen LogP contribution in [0.15, 0.2) is 46.9 Å². The molecular weight excluding hydrogens is 255 g/mol. The van der Waals surface area contributed by atoms with E-state index in [1.807, 2.05) is 31.2 Å². The van der Waals surface area contributed by atoms with Crippen molar-refractivity contribution in [2.24, 2.45) is 0 Å². The van der Waals surface area contributed by atoms with E-state index in [-0.39, 0.29) is 5.82 Å². The minimum Gasteiger partial charge on any atom is -0.206 e. The fourth-order valence-corrected chi connectivity index (χ4v) is 1.80. The summed E-state index contributed by atoms with van der Waals surface area (Å²) in [5.74, 6) is -0.231. The lowest BCUT2D eigenvalue weighted by Crippen LogP contribution is -1.81. The van der Waals surface area contributed by atoms with E-state index in [1.165, 1.54) is 11.6 Å². The fourth-order valence-electron chi connectivity index (χ4n) is 1.42. The van der Waals surface area contributed by atoms with Gasteiger partial charge in [-0.1, -0.05) is 35.9 Å². The molecule has 0 N–H and O–H groups in total. The van der Waals surface area contributed by atoms with E-state index in [2.05, 4.69) is 15.9 Å². The van der Waals surface area contributed by atoms with Gasteiger partial charge in [0.05, 0.1) is 4.47 Å². The van der Waals surface area contributed by atoms with Crippen molar-refractivity contribution in [3.05, 3.63) is 58.3 Å². The molecule has 0 saturated carbocycles. The van der Waals surface area contributed by atoms with Gasteiger partial charge in [0.15, 0.2) is 0 Å². The zero-order valence-electron chi connectivity index (χ0n) is 8.30. The molecule has 2 heteroatoms. The molecule has 0 aromatic heterocycles. The molecule has 0 fully saturated rings. The summed E-state index contributed by atoms with van der Waals surface area (Å²) in [4.78, 5) is 0. The molecule has 0 heterocycles. The van der Waals surface area contributed by atoms with Crippen LogP contribution in [-0.2, 0) is 0 Å². The maximum atomic E-state index is 13.0. The van der Waals surface area contributed by atoms with Crippen molar-refractivity contribution >= 4 is 15.9 Å². The van der Waals surface area contributed by atoms with E-state index in [1.54, 1.807) is 12.1 Å². The van der Waals surface area contributed by atoms with E-state index >= 15 is 0 Å². The molecule has 0 atom stereocenters. The molecular formula is C13H10BrF. The van der Waals surface area contributed by atoms with Gasteiger partial charge in [0.25, 0.3) is 0 Å². The zero-order valence-corrected chi connectivity index (χ0v) is 9.88. The molecule has 0 aliphatic carbocycles. The van der Waals surface area contributed by atoms with Gasteiger partial charge in [0.2, 0.25) is 0 Å². The van der Waals surface area contributed by atoms with Gasteiger partial charge in [0.1, 0.15) is 5.82 Å². The maximum absolute atomic E-state index is 13.0. The maximum Gasteiger partial charge on any atom is 0.137 e. The first-order valence-electron chi connectivity index (χ1n) is 4.69. The number of benzene rings is 2. The van der Waals surface area contributed by atoms with Crippen molar-refractivity contribution in [3.63, 3.8) is 0 Å². The average molecular weight is 265 g/mol. The molecule has 2 aromatic carbocycles. The summed E-state index contributed by atoms with van der Waals surface area (Å²) in [6.45, 7) is 2.05. The lowest BCUT2D eigenvalue weighted by Gasteiger charge is -2.03. The van der Waals surface area contributed by atoms with Crippen molar-refractivity contribution in [1.82, 2.24) is 0 Å². The number of rotatable bonds is 1. The molecule has 76 valence electrons. The summed E-state index contributed by atoms with van der Waals surface area (Å²) >= 11 is 3.18. The third kappa shape index (κ3) is 2.26. The second-order valence-electron chi connectivity index (χ2n) is 3.49. The number of hydrogen-bond donors (Lipinski definition) is 0. The summed E-state index contributed by atoms with van der Waals surface area (Å²) in [5, 5.41) is 0. The Kier molecular flexibility index (Phi) is 2.87. The van der Waals surface area contributed by atoms with Crippen LogP contribution in [0.3, 0.4) is 0 Å². The number of hydrogen-bond acceptors (Lipinski definition) is 0. The smallest absolute Gasteiger partial charge is 0.137 e. The predicted octanol–water partition coefficient (Wildman–Crippen LogP) is 4.56. The Labute approximate surface area is 96.9 Å². The molecule has 0 amide bonds. The Balaban J connectivity index is 2.45. The summed E-state index contributed by atoms with van der Waals surface area (Å²) in [7, 11) is 0. The van der Waals surface area contributed by atoms with Gasteiger partial charge in [-0.15, -0.1) is 0 Å². The van der Waals surface area contributed by atoms with Gasteiger partial charge in [-0.2, -0.15) is 0 Å². The third-order valence-corrected chi connectivity index (χ3v) is 2.91. The first-order valence-corrected chi connectivity index (χ1v) is 5.48. The highest BCUT2D eigenvalue weighted by Crippen LogP contribution is 2.25. The van der Waals surface area contributed by atoms with E-state index in [4.69, 9.17) is 0 Å². The highest BCUT2D eigenvalue weighted by atomic mass is 79.9. The van der Waals surface area contributed by atoms with Crippen molar-refractivity contribution in [2.45, 2.75) is 6.92 Å². The van der Waals surface area contributed by atoms with Gasteiger partial charge in [0, 0.05) is 0 Å². The Morgan fingerprint density at radius 1 is 0.933 bits per heavy atom. The topological polar surface area (TPSA) is 0 Å². The second kappa shape index (κ2) is 4.15. The molecule has 0 aliphatic rings. The third-order valence-electron chi connectivity index (χ3n) is 2.30. The highest BCUT2D eigenvalue weighted by molar-refractivity contribution is 9.10. The van der Waals surface area contributed by atoms with Crippen LogP contribution in [0.1, 0.15) is 5.56 Å². The van der Waals surface area contributed by atoms with Crippen LogP contribution in [-0.4, -0.2) is 0 Å². The molecule has 2 aromatic rings. The van der Waals surface area contributed by atoms with Crippen LogP contribution in [0.4, 0.5) is 4.39 Å². The van der Waals surface area contributed by atoms with Crippen molar-refractivity contribution < 1.29 is 4.39 Å². The van der Waals surface area contributed by atoms with Gasteiger partial charge in [-0.3, -0.25) is 0 Å². The van der Waals surface area contributed by atoms with Gasteiger partial charge >= 0.3 is 0 Å². The molecule has 0 unspecified atom stereocenters. The van der Waals surface area contributed by atoms with Crippen LogP contribution in [0, 0.1) is 12.7 Å². The molecule has 0 aliphatic heterocycles. The first kappa shape index (κ1) is 10.4. The minimum atomic E-state index is -0.231. The Morgan fingerprint density at radius 3 is 2.13 bits per heavy atom. The predicted molar refractivity (Wildman–Crippen MR) is 64.3 cm³/mol.